The Morgan fingerprint density at radius 2 is 2.21 bits per heavy atom. The Bertz CT molecular complexity index is 467. The van der Waals surface area contributed by atoms with E-state index in [0.29, 0.717) is 10.6 Å². The van der Waals surface area contributed by atoms with Gasteiger partial charge in [0.25, 0.3) is 5.91 Å². The van der Waals surface area contributed by atoms with Crippen LogP contribution in [0, 0.1) is 0 Å². The summed E-state index contributed by atoms with van der Waals surface area (Å²) in [6, 6.07) is 5.21. The van der Waals surface area contributed by atoms with Crippen LogP contribution in [0.5, 0.6) is 0 Å². The summed E-state index contributed by atoms with van der Waals surface area (Å²) in [5.41, 5.74) is 0.395. The Balaban J connectivity index is 2.47. The van der Waals surface area contributed by atoms with Crippen LogP contribution in [-0.2, 0) is 9.53 Å². The number of nitrogens with one attached hydrogen (secondary N) is 1. The number of hydrogen-bond donors (Lipinski definition) is 2. The average molecular weight is 304 g/mol. The molecule has 0 saturated carbocycles. The van der Waals surface area contributed by atoms with Crippen molar-refractivity contribution in [2.75, 3.05) is 26.0 Å². The van der Waals surface area contributed by atoms with Gasteiger partial charge in [0.05, 0.1) is 17.2 Å². The summed E-state index contributed by atoms with van der Waals surface area (Å²) in [5, 5.41) is 11.4. The van der Waals surface area contributed by atoms with Crippen LogP contribution < -0.4 is 5.32 Å². The number of amides is 1. The van der Waals surface area contributed by atoms with Gasteiger partial charge < -0.3 is 15.2 Å². The lowest BCUT2D eigenvalue weighted by Gasteiger charge is -2.08. The number of halogens is 1. The lowest BCUT2D eigenvalue weighted by molar-refractivity contribution is -0.142. The minimum Gasteiger partial charge on any atom is -0.480 e. The molecule has 0 aliphatic heterocycles. The molecule has 5 nitrogen and oxygen atoms in total. The fourth-order valence-electron chi connectivity index (χ4n) is 1.30. The molecule has 1 amide bonds. The Morgan fingerprint density at radius 3 is 2.84 bits per heavy atom. The molecule has 1 aromatic rings. The number of ether oxygens (including phenoxy) is 1. The molecule has 0 fully saturated rings. The number of carboxylic acid groups (broad SMARTS) is 1. The summed E-state index contributed by atoms with van der Waals surface area (Å²) >= 11 is 7.47. The highest BCUT2D eigenvalue weighted by Gasteiger charge is 2.10. The molecule has 2 N–H and O–H groups in total. The zero-order chi connectivity index (χ0) is 14.3. The van der Waals surface area contributed by atoms with E-state index in [0.717, 1.165) is 4.90 Å². The topological polar surface area (TPSA) is 75.6 Å². The molecule has 0 atom stereocenters. The monoisotopic (exact) mass is 303 g/mol. The van der Waals surface area contributed by atoms with Crippen molar-refractivity contribution in [3.05, 3.63) is 28.8 Å². The standard InChI is InChI=1S/C12H14ClNO4S/c1-19-8-2-3-10(13)9(6-8)12(17)14-4-5-18-7-11(15)16/h2-3,6H,4-5,7H2,1H3,(H,14,17)(H,15,16). The largest absolute Gasteiger partial charge is 0.480 e. The maximum Gasteiger partial charge on any atom is 0.329 e. The van der Waals surface area contributed by atoms with Gasteiger partial charge in [-0.15, -0.1) is 11.8 Å². The number of carbonyl (C=O) groups excluding carboxylic acids is 1. The van der Waals surface area contributed by atoms with Gasteiger partial charge in [-0.1, -0.05) is 11.6 Å². The van der Waals surface area contributed by atoms with Crippen molar-refractivity contribution in [1.29, 1.82) is 0 Å². The van der Waals surface area contributed by atoms with Crippen molar-refractivity contribution >= 4 is 35.2 Å². The predicted octanol–water partition coefficient (Wildman–Crippen LogP) is 1.89. The smallest absolute Gasteiger partial charge is 0.329 e. The van der Waals surface area contributed by atoms with Crippen LogP contribution in [0.2, 0.25) is 5.02 Å². The molecule has 0 bridgehead atoms. The third kappa shape index (κ3) is 5.50. The third-order valence-electron chi connectivity index (χ3n) is 2.18. The zero-order valence-electron chi connectivity index (χ0n) is 10.3. The van der Waals surface area contributed by atoms with Crippen molar-refractivity contribution < 1.29 is 19.4 Å². The fraction of sp³-hybridized carbons (Fsp3) is 0.333. The molecule has 0 heterocycles. The van der Waals surface area contributed by atoms with Crippen molar-refractivity contribution in [3.63, 3.8) is 0 Å². The molecule has 0 saturated heterocycles. The minimum atomic E-state index is -1.04. The first-order valence-electron chi connectivity index (χ1n) is 5.46. The Hall–Kier alpha value is -1.24. The maximum atomic E-state index is 11.9. The van der Waals surface area contributed by atoms with E-state index >= 15 is 0 Å². The Kier molecular flexibility index (Phi) is 6.69. The van der Waals surface area contributed by atoms with Gasteiger partial charge in [-0.05, 0) is 24.5 Å². The molecule has 19 heavy (non-hydrogen) atoms. The van der Waals surface area contributed by atoms with Gasteiger partial charge in [-0.2, -0.15) is 0 Å². The second-order valence-electron chi connectivity index (χ2n) is 3.55. The normalized spacial score (nSPS) is 10.2. The van der Waals surface area contributed by atoms with E-state index < -0.39 is 5.97 Å². The van der Waals surface area contributed by atoms with Gasteiger partial charge in [0.2, 0.25) is 0 Å². The van der Waals surface area contributed by atoms with Crippen LogP contribution in [-0.4, -0.2) is 43.0 Å². The van der Waals surface area contributed by atoms with Crippen LogP contribution in [0.15, 0.2) is 23.1 Å². The highest BCUT2D eigenvalue weighted by atomic mass is 35.5. The number of carboxylic acids is 1. The number of rotatable bonds is 7. The maximum absolute atomic E-state index is 11.9. The Labute approximate surface area is 120 Å². The van der Waals surface area contributed by atoms with Crippen LogP contribution >= 0.6 is 23.4 Å². The second kappa shape index (κ2) is 8.04. The summed E-state index contributed by atoms with van der Waals surface area (Å²) in [7, 11) is 0. The van der Waals surface area contributed by atoms with E-state index in [1.807, 2.05) is 12.3 Å². The van der Waals surface area contributed by atoms with E-state index in [9.17, 15) is 9.59 Å². The third-order valence-corrected chi connectivity index (χ3v) is 3.23. The fourth-order valence-corrected chi connectivity index (χ4v) is 1.94. The zero-order valence-corrected chi connectivity index (χ0v) is 11.9. The number of hydrogen-bond acceptors (Lipinski definition) is 4. The SMILES string of the molecule is CSc1ccc(Cl)c(C(=O)NCCOCC(=O)O)c1. The molecule has 0 aliphatic rings. The quantitative estimate of drug-likeness (QED) is 0.594. The predicted molar refractivity (Wildman–Crippen MR) is 74.0 cm³/mol. The van der Waals surface area contributed by atoms with Crippen molar-refractivity contribution in [2.24, 2.45) is 0 Å². The lowest BCUT2D eigenvalue weighted by atomic mass is 10.2. The molecule has 1 rings (SSSR count). The summed E-state index contributed by atoms with van der Waals surface area (Å²) in [5.74, 6) is -1.35. The van der Waals surface area contributed by atoms with Crippen molar-refractivity contribution in [1.82, 2.24) is 5.32 Å². The summed E-state index contributed by atoms with van der Waals surface area (Å²) in [6.45, 7) is -0.0115. The van der Waals surface area contributed by atoms with Gasteiger partial charge >= 0.3 is 5.97 Å². The first kappa shape index (κ1) is 15.8. The summed E-state index contributed by atoms with van der Waals surface area (Å²) in [4.78, 5) is 23.0. The highest BCUT2D eigenvalue weighted by molar-refractivity contribution is 7.98. The molecule has 0 aliphatic carbocycles. The number of aliphatic carboxylic acids is 1. The van der Waals surface area contributed by atoms with E-state index in [2.05, 4.69) is 5.32 Å². The average Bonchev–Trinajstić information content (AvgIpc) is 2.38. The van der Waals surface area contributed by atoms with Gasteiger partial charge in [-0.25, -0.2) is 4.79 Å². The Morgan fingerprint density at radius 1 is 1.47 bits per heavy atom. The van der Waals surface area contributed by atoms with E-state index in [-0.39, 0.29) is 25.7 Å². The summed E-state index contributed by atoms with van der Waals surface area (Å²) in [6.07, 6.45) is 1.91. The molecule has 1 aromatic carbocycles. The van der Waals surface area contributed by atoms with Gasteiger partial charge in [0.1, 0.15) is 6.61 Å². The van der Waals surface area contributed by atoms with E-state index in [1.54, 1.807) is 12.1 Å². The van der Waals surface area contributed by atoms with E-state index in [1.165, 1.54) is 11.8 Å². The molecule has 104 valence electrons. The van der Waals surface area contributed by atoms with Gasteiger partial charge in [-0.3, -0.25) is 4.79 Å². The molecular weight excluding hydrogens is 290 g/mol. The first-order valence-corrected chi connectivity index (χ1v) is 7.06. The number of carbonyl (C=O) groups is 2. The van der Waals surface area contributed by atoms with Crippen molar-refractivity contribution in [3.8, 4) is 0 Å². The first-order chi connectivity index (χ1) is 9.04. The van der Waals surface area contributed by atoms with Crippen LogP contribution in [0.1, 0.15) is 10.4 Å². The molecule has 0 unspecified atom stereocenters. The van der Waals surface area contributed by atoms with Crippen LogP contribution in [0.3, 0.4) is 0 Å². The minimum absolute atomic E-state index is 0.137. The van der Waals surface area contributed by atoms with Crippen molar-refractivity contribution in [2.45, 2.75) is 4.90 Å². The molecule has 7 heteroatoms. The van der Waals surface area contributed by atoms with Crippen LogP contribution in [0.4, 0.5) is 0 Å². The molecular formula is C12H14ClNO4S. The lowest BCUT2D eigenvalue weighted by Crippen LogP contribution is -2.28. The van der Waals surface area contributed by atoms with Gasteiger partial charge in [0.15, 0.2) is 0 Å². The number of thioether (sulfide) groups is 1. The highest BCUT2D eigenvalue weighted by Crippen LogP contribution is 2.22. The van der Waals surface area contributed by atoms with Gasteiger partial charge in [0, 0.05) is 11.4 Å². The number of benzene rings is 1. The molecule has 0 aromatic heterocycles. The molecule has 0 spiro atoms. The second-order valence-corrected chi connectivity index (χ2v) is 4.83. The molecule has 0 radical (unpaired) electrons. The van der Waals surface area contributed by atoms with Crippen LogP contribution in [0.25, 0.3) is 0 Å². The summed E-state index contributed by atoms with van der Waals surface area (Å²) < 4.78 is 4.81. The van der Waals surface area contributed by atoms with E-state index in [4.69, 9.17) is 21.4 Å².